The van der Waals surface area contributed by atoms with E-state index in [1.54, 1.807) is 0 Å². The molecule has 0 aliphatic heterocycles. The second-order valence-electron chi connectivity index (χ2n) is 2.78. The monoisotopic (exact) mass is 308 g/mol. The van der Waals surface area contributed by atoms with E-state index in [0.717, 1.165) is 11.3 Å². The molecule has 0 spiro atoms. The molecule has 0 saturated carbocycles. The molecule has 0 aliphatic rings. The lowest BCUT2D eigenvalue weighted by atomic mass is 10.5. The molecule has 0 atom stereocenters. The first-order valence-corrected chi connectivity index (χ1v) is 6.12. The maximum absolute atomic E-state index is 11.7. The van der Waals surface area contributed by atoms with E-state index in [4.69, 9.17) is 34.8 Å². The Morgan fingerprint density at radius 2 is 1.88 bits per heavy atom. The minimum Gasteiger partial charge on any atom is -0.317 e. The molecule has 0 aromatic carbocycles. The van der Waals surface area contributed by atoms with Crippen molar-refractivity contribution in [3.8, 4) is 0 Å². The van der Waals surface area contributed by atoms with Crippen LogP contribution in [0.5, 0.6) is 0 Å². The Morgan fingerprint density at radius 1 is 1.24 bits per heavy atom. The molecule has 0 aliphatic carbocycles. The van der Waals surface area contributed by atoms with E-state index >= 15 is 0 Å². The van der Waals surface area contributed by atoms with Gasteiger partial charge in [-0.1, -0.05) is 34.5 Å². The minimum atomic E-state index is -0.435. The van der Waals surface area contributed by atoms with Gasteiger partial charge in [0.2, 0.25) is 5.28 Å². The molecule has 2 rings (SSSR count). The third kappa shape index (κ3) is 3.04. The fourth-order valence-corrected chi connectivity index (χ4v) is 2.13. The molecule has 0 bridgehead atoms. The minimum absolute atomic E-state index is 0.100. The van der Waals surface area contributed by atoms with Crippen molar-refractivity contribution in [3.63, 3.8) is 0 Å². The van der Waals surface area contributed by atoms with Crippen LogP contribution in [0.1, 0.15) is 9.80 Å². The summed E-state index contributed by atoms with van der Waals surface area (Å²) in [6, 6.07) is 0. The molecule has 0 unspecified atom stereocenters. The van der Waals surface area contributed by atoms with Crippen molar-refractivity contribution in [2.45, 2.75) is 0 Å². The number of rotatable bonds is 2. The molecular weight excluding hydrogens is 307 g/mol. The lowest BCUT2D eigenvalue weighted by Crippen LogP contribution is -2.11. The Bertz CT molecular complexity index is 537. The van der Waals surface area contributed by atoms with Crippen molar-refractivity contribution in [1.82, 2.24) is 15.0 Å². The number of carbonyl (C=O) groups excluding carboxylic acids is 1. The number of nitrogens with zero attached hydrogens (tertiary/aromatic N) is 3. The van der Waals surface area contributed by atoms with Gasteiger partial charge in [-0.3, -0.25) is 4.79 Å². The van der Waals surface area contributed by atoms with Gasteiger partial charge in [0.1, 0.15) is 4.34 Å². The molecule has 0 saturated heterocycles. The zero-order valence-electron chi connectivity index (χ0n) is 7.95. The summed E-state index contributed by atoms with van der Waals surface area (Å²) in [6.45, 7) is 0. The van der Waals surface area contributed by atoms with Gasteiger partial charge in [-0.25, -0.2) is 15.0 Å². The quantitative estimate of drug-likeness (QED) is 0.865. The standard InChI is InChI=1S/C8H3Cl3N4OS/c9-4-5(10)17-7(15-4)6(16)14-3-1-12-8(11)13-2-3/h1-2H,(H,14,16). The average molecular weight is 310 g/mol. The molecular formula is C8H3Cl3N4OS. The maximum atomic E-state index is 11.7. The average Bonchev–Trinajstić information content (AvgIpc) is 2.63. The van der Waals surface area contributed by atoms with Crippen LogP contribution in [0.2, 0.25) is 14.8 Å². The highest BCUT2D eigenvalue weighted by Crippen LogP contribution is 2.28. The zero-order valence-corrected chi connectivity index (χ0v) is 11.0. The van der Waals surface area contributed by atoms with E-state index in [2.05, 4.69) is 20.3 Å². The van der Waals surface area contributed by atoms with Crippen LogP contribution >= 0.6 is 46.1 Å². The number of amides is 1. The fourth-order valence-electron chi connectivity index (χ4n) is 0.941. The SMILES string of the molecule is O=C(Nc1cnc(Cl)nc1)c1nc(Cl)c(Cl)s1. The van der Waals surface area contributed by atoms with E-state index in [9.17, 15) is 4.79 Å². The number of anilines is 1. The van der Waals surface area contributed by atoms with E-state index in [-0.39, 0.29) is 19.8 Å². The third-order valence-corrected chi connectivity index (χ3v) is 3.55. The molecule has 2 heterocycles. The fraction of sp³-hybridized carbons (Fsp3) is 0. The number of thiazole rings is 1. The Kier molecular flexibility index (Phi) is 3.78. The van der Waals surface area contributed by atoms with Gasteiger partial charge in [0.25, 0.3) is 5.91 Å². The number of carbonyl (C=O) groups is 1. The molecule has 1 amide bonds. The first-order chi connectivity index (χ1) is 8.06. The first-order valence-electron chi connectivity index (χ1n) is 4.17. The van der Waals surface area contributed by atoms with Crippen LogP contribution in [-0.2, 0) is 0 Å². The summed E-state index contributed by atoms with van der Waals surface area (Å²) in [7, 11) is 0. The van der Waals surface area contributed by atoms with Crippen LogP contribution in [0, 0.1) is 0 Å². The zero-order chi connectivity index (χ0) is 12.4. The van der Waals surface area contributed by atoms with Gasteiger partial charge >= 0.3 is 0 Å². The van der Waals surface area contributed by atoms with Crippen molar-refractivity contribution in [1.29, 1.82) is 0 Å². The summed E-state index contributed by atoms with van der Waals surface area (Å²) in [4.78, 5) is 22.9. The van der Waals surface area contributed by atoms with Gasteiger partial charge in [-0.15, -0.1) is 0 Å². The van der Waals surface area contributed by atoms with Crippen LogP contribution in [0.15, 0.2) is 12.4 Å². The number of nitrogens with one attached hydrogen (secondary N) is 1. The smallest absolute Gasteiger partial charge is 0.284 e. The lowest BCUT2D eigenvalue weighted by molar-refractivity contribution is 0.102. The molecule has 9 heteroatoms. The predicted octanol–water partition coefficient (Wildman–Crippen LogP) is 3.15. The Balaban J connectivity index is 2.14. The van der Waals surface area contributed by atoms with Crippen molar-refractivity contribution in [3.05, 3.63) is 32.2 Å². The second kappa shape index (κ2) is 5.14. The Morgan fingerprint density at radius 3 is 2.41 bits per heavy atom. The lowest BCUT2D eigenvalue weighted by Gasteiger charge is -2.00. The molecule has 0 fully saturated rings. The molecule has 5 nitrogen and oxygen atoms in total. The van der Waals surface area contributed by atoms with Gasteiger partial charge in [-0.05, 0) is 11.6 Å². The van der Waals surface area contributed by atoms with E-state index in [1.807, 2.05) is 0 Å². The summed E-state index contributed by atoms with van der Waals surface area (Å²) in [5.41, 5.74) is 0.404. The number of hydrogen-bond donors (Lipinski definition) is 1. The summed E-state index contributed by atoms with van der Waals surface area (Å²) in [5, 5.41) is 2.90. The van der Waals surface area contributed by atoms with Gasteiger partial charge in [-0.2, -0.15) is 0 Å². The molecule has 1 N–H and O–H groups in total. The number of halogens is 3. The maximum Gasteiger partial charge on any atom is 0.284 e. The molecule has 2 aromatic rings. The third-order valence-electron chi connectivity index (χ3n) is 1.62. The second-order valence-corrected chi connectivity index (χ2v) is 5.08. The number of hydrogen-bond acceptors (Lipinski definition) is 5. The normalized spacial score (nSPS) is 10.3. The number of aromatic nitrogens is 3. The van der Waals surface area contributed by atoms with Crippen LogP contribution in [0.4, 0.5) is 5.69 Å². The first kappa shape index (κ1) is 12.5. The molecule has 88 valence electrons. The molecule has 17 heavy (non-hydrogen) atoms. The highest BCUT2D eigenvalue weighted by molar-refractivity contribution is 7.18. The van der Waals surface area contributed by atoms with E-state index < -0.39 is 5.91 Å². The highest BCUT2D eigenvalue weighted by atomic mass is 35.5. The van der Waals surface area contributed by atoms with Crippen LogP contribution in [0.25, 0.3) is 0 Å². The van der Waals surface area contributed by atoms with E-state index in [0.29, 0.717) is 5.69 Å². The van der Waals surface area contributed by atoms with E-state index in [1.165, 1.54) is 12.4 Å². The highest BCUT2D eigenvalue weighted by Gasteiger charge is 2.14. The van der Waals surface area contributed by atoms with Crippen LogP contribution in [-0.4, -0.2) is 20.9 Å². The largest absolute Gasteiger partial charge is 0.317 e. The van der Waals surface area contributed by atoms with Crippen molar-refractivity contribution in [2.75, 3.05) is 5.32 Å². The Hall–Kier alpha value is -0.950. The summed E-state index contributed by atoms with van der Waals surface area (Å²) < 4.78 is 0.268. The van der Waals surface area contributed by atoms with Gasteiger partial charge in [0.15, 0.2) is 10.2 Å². The molecule has 2 aromatic heterocycles. The van der Waals surface area contributed by atoms with Gasteiger partial charge < -0.3 is 5.32 Å². The van der Waals surface area contributed by atoms with Gasteiger partial charge in [0.05, 0.1) is 18.1 Å². The van der Waals surface area contributed by atoms with Crippen molar-refractivity contribution < 1.29 is 4.79 Å². The predicted molar refractivity (Wildman–Crippen MR) is 67.1 cm³/mol. The summed E-state index contributed by atoms with van der Waals surface area (Å²) in [5.74, 6) is -0.435. The Labute approximate surface area is 115 Å². The topological polar surface area (TPSA) is 67.8 Å². The van der Waals surface area contributed by atoms with Gasteiger partial charge in [0, 0.05) is 0 Å². The van der Waals surface area contributed by atoms with Crippen molar-refractivity contribution in [2.24, 2.45) is 0 Å². The van der Waals surface area contributed by atoms with Crippen LogP contribution in [0.3, 0.4) is 0 Å². The van der Waals surface area contributed by atoms with Crippen molar-refractivity contribution >= 4 is 57.7 Å². The van der Waals surface area contributed by atoms with Crippen LogP contribution < -0.4 is 5.32 Å². The molecule has 0 radical (unpaired) electrons. The summed E-state index contributed by atoms with van der Waals surface area (Å²) >= 11 is 17.8. The summed E-state index contributed by atoms with van der Waals surface area (Å²) in [6.07, 6.45) is 2.76.